The minimum Gasteiger partial charge on any atom is -0.368 e. The fraction of sp³-hybridized carbons (Fsp3) is 0.385. The lowest BCUT2D eigenvalue weighted by atomic mass is 10.0. The van der Waals surface area contributed by atoms with Gasteiger partial charge >= 0.3 is 0 Å². The third-order valence-electron chi connectivity index (χ3n) is 3.32. The number of rotatable bonds is 3. The highest BCUT2D eigenvalue weighted by molar-refractivity contribution is 5.95. The third-order valence-corrected chi connectivity index (χ3v) is 3.32. The zero-order valence-electron chi connectivity index (χ0n) is 11.1. The number of hydrogen-bond donors (Lipinski definition) is 1. The predicted molar refractivity (Wildman–Crippen MR) is 71.3 cm³/mol. The average molecular weight is 273 g/mol. The van der Waals surface area contributed by atoms with Crippen molar-refractivity contribution in [3.63, 3.8) is 0 Å². The second-order valence-corrected chi connectivity index (χ2v) is 4.76. The summed E-state index contributed by atoms with van der Waals surface area (Å²) in [6.45, 7) is 2.63. The van der Waals surface area contributed by atoms with Crippen LogP contribution >= 0.6 is 0 Å². The molecule has 104 valence electrons. The molecule has 3 rings (SSSR count). The van der Waals surface area contributed by atoms with Crippen molar-refractivity contribution in [3.8, 4) is 5.82 Å². The number of aromatic nitrogens is 4. The van der Waals surface area contributed by atoms with Gasteiger partial charge in [0, 0.05) is 19.0 Å². The SMILES string of the molecule is C[C@@H]1CCO[C@@H]1C(=O)Nc1cncnc1-n1cccn1. The molecule has 3 heterocycles. The lowest BCUT2D eigenvalue weighted by molar-refractivity contribution is -0.126. The minimum atomic E-state index is -0.416. The summed E-state index contributed by atoms with van der Waals surface area (Å²) >= 11 is 0. The molecule has 2 aromatic rings. The van der Waals surface area contributed by atoms with Crippen molar-refractivity contribution >= 4 is 11.6 Å². The molecule has 0 spiro atoms. The van der Waals surface area contributed by atoms with Crippen LogP contribution in [0.25, 0.3) is 5.82 Å². The van der Waals surface area contributed by atoms with Crippen LogP contribution in [0.1, 0.15) is 13.3 Å². The fourth-order valence-electron chi connectivity index (χ4n) is 2.22. The number of ether oxygens (including phenoxy) is 1. The molecule has 1 fully saturated rings. The van der Waals surface area contributed by atoms with E-state index >= 15 is 0 Å². The Morgan fingerprint density at radius 3 is 3.15 bits per heavy atom. The Morgan fingerprint density at radius 1 is 1.55 bits per heavy atom. The molecule has 7 nitrogen and oxygen atoms in total. The molecule has 0 aliphatic carbocycles. The molecule has 0 aromatic carbocycles. The maximum absolute atomic E-state index is 12.2. The number of amides is 1. The minimum absolute atomic E-state index is 0.168. The zero-order chi connectivity index (χ0) is 13.9. The molecule has 1 saturated heterocycles. The van der Waals surface area contributed by atoms with Gasteiger partial charge in [-0.2, -0.15) is 5.10 Å². The number of nitrogens with one attached hydrogen (secondary N) is 1. The molecule has 1 N–H and O–H groups in total. The first-order chi connectivity index (χ1) is 9.75. The predicted octanol–water partition coefficient (Wildman–Crippen LogP) is 1.03. The van der Waals surface area contributed by atoms with Crippen LogP contribution in [0.2, 0.25) is 0 Å². The first-order valence-corrected chi connectivity index (χ1v) is 6.48. The third kappa shape index (κ3) is 2.39. The maximum atomic E-state index is 12.2. The fourth-order valence-corrected chi connectivity index (χ4v) is 2.22. The summed E-state index contributed by atoms with van der Waals surface area (Å²) in [6.07, 6.45) is 6.86. The van der Waals surface area contributed by atoms with Crippen LogP contribution in [0.3, 0.4) is 0 Å². The van der Waals surface area contributed by atoms with Crippen molar-refractivity contribution in [1.82, 2.24) is 19.7 Å². The van der Waals surface area contributed by atoms with Crippen molar-refractivity contribution in [3.05, 3.63) is 31.0 Å². The van der Waals surface area contributed by atoms with E-state index in [1.165, 1.54) is 6.33 Å². The molecule has 0 bridgehead atoms. The highest BCUT2D eigenvalue weighted by atomic mass is 16.5. The van der Waals surface area contributed by atoms with E-state index < -0.39 is 6.10 Å². The van der Waals surface area contributed by atoms with Gasteiger partial charge in [0.25, 0.3) is 5.91 Å². The number of carbonyl (C=O) groups excluding carboxylic acids is 1. The lowest BCUT2D eigenvalue weighted by Gasteiger charge is -2.15. The summed E-state index contributed by atoms with van der Waals surface area (Å²) < 4.78 is 7.03. The summed E-state index contributed by atoms with van der Waals surface area (Å²) in [5, 5.41) is 6.93. The van der Waals surface area contributed by atoms with E-state index in [9.17, 15) is 4.79 Å². The molecule has 2 aromatic heterocycles. The molecule has 2 atom stereocenters. The van der Waals surface area contributed by atoms with Crippen molar-refractivity contribution < 1.29 is 9.53 Å². The van der Waals surface area contributed by atoms with Crippen LogP contribution < -0.4 is 5.32 Å². The topological polar surface area (TPSA) is 81.9 Å². The zero-order valence-corrected chi connectivity index (χ0v) is 11.1. The standard InChI is InChI=1S/C13H15N5O2/c1-9-3-6-20-11(9)13(19)17-10-7-14-8-15-12(10)18-5-2-4-16-18/h2,4-5,7-9,11H,3,6H2,1H3,(H,17,19)/t9-,11+/m1/s1. The summed E-state index contributed by atoms with van der Waals surface area (Å²) in [7, 11) is 0. The van der Waals surface area contributed by atoms with Crippen molar-refractivity contribution in [1.29, 1.82) is 0 Å². The molecule has 1 amide bonds. The van der Waals surface area contributed by atoms with E-state index in [2.05, 4.69) is 20.4 Å². The molecular weight excluding hydrogens is 258 g/mol. The van der Waals surface area contributed by atoms with E-state index in [4.69, 9.17) is 4.74 Å². The van der Waals surface area contributed by atoms with E-state index in [1.54, 1.807) is 29.3 Å². The molecule has 1 aliphatic rings. The number of nitrogens with zero attached hydrogens (tertiary/aromatic N) is 4. The van der Waals surface area contributed by atoms with Gasteiger partial charge in [0.1, 0.15) is 18.1 Å². The van der Waals surface area contributed by atoms with E-state index in [-0.39, 0.29) is 11.8 Å². The summed E-state index contributed by atoms with van der Waals surface area (Å²) in [5.41, 5.74) is 0.518. The molecule has 7 heteroatoms. The van der Waals surface area contributed by atoms with Crippen LogP contribution in [0, 0.1) is 5.92 Å². The van der Waals surface area contributed by atoms with Gasteiger partial charge in [0.15, 0.2) is 5.82 Å². The van der Waals surface area contributed by atoms with Gasteiger partial charge in [-0.15, -0.1) is 0 Å². The van der Waals surface area contributed by atoms with E-state index in [0.717, 1.165) is 6.42 Å². The summed E-state index contributed by atoms with van der Waals surface area (Å²) in [4.78, 5) is 20.3. The van der Waals surface area contributed by atoms with Gasteiger partial charge in [0.2, 0.25) is 0 Å². The monoisotopic (exact) mass is 273 g/mol. The lowest BCUT2D eigenvalue weighted by Crippen LogP contribution is -2.31. The number of anilines is 1. The van der Waals surface area contributed by atoms with Gasteiger partial charge < -0.3 is 10.1 Å². The Hall–Kier alpha value is -2.28. The Morgan fingerprint density at radius 2 is 2.45 bits per heavy atom. The normalized spacial score (nSPS) is 21.9. The van der Waals surface area contributed by atoms with Crippen LogP contribution in [0.15, 0.2) is 31.0 Å². The smallest absolute Gasteiger partial charge is 0.253 e. The van der Waals surface area contributed by atoms with Crippen LogP contribution in [-0.2, 0) is 9.53 Å². The number of carbonyl (C=O) groups is 1. The Bertz CT molecular complexity index is 599. The van der Waals surface area contributed by atoms with Crippen LogP contribution in [0.5, 0.6) is 0 Å². The van der Waals surface area contributed by atoms with E-state index in [0.29, 0.717) is 18.1 Å². The van der Waals surface area contributed by atoms with Gasteiger partial charge in [0.05, 0.1) is 6.20 Å². The quantitative estimate of drug-likeness (QED) is 0.903. The van der Waals surface area contributed by atoms with Gasteiger partial charge in [-0.3, -0.25) is 4.79 Å². The first-order valence-electron chi connectivity index (χ1n) is 6.48. The summed E-state index contributed by atoms with van der Waals surface area (Å²) in [6, 6.07) is 1.79. The molecular formula is C13H15N5O2. The van der Waals surface area contributed by atoms with E-state index in [1.807, 2.05) is 6.92 Å². The number of hydrogen-bond acceptors (Lipinski definition) is 5. The summed E-state index contributed by atoms with van der Waals surface area (Å²) in [5.74, 6) is 0.579. The first kappa shape index (κ1) is 12.7. The van der Waals surface area contributed by atoms with Gasteiger partial charge in [-0.05, 0) is 18.4 Å². The molecule has 0 unspecified atom stereocenters. The average Bonchev–Trinajstić information content (AvgIpc) is 3.10. The Kier molecular flexibility index (Phi) is 3.42. The highest BCUT2D eigenvalue weighted by Gasteiger charge is 2.31. The maximum Gasteiger partial charge on any atom is 0.253 e. The van der Waals surface area contributed by atoms with Crippen molar-refractivity contribution in [2.45, 2.75) is 19.4 Å². The Labute approximate surface area is 116 Å². The van der Waals surface area contributed by atoms with Crippen LogP contribution in [-0.4, -0.2) is 38.4 Å². The molecule has 1 aliphatic heterocycles. The molecule has 0 radical (unpaired) electrons. The highest BCUT2D eigenvalue weighted by Crippen LogP contribution is 2.22. The Balaban J connectivity index is 1.83. The molecule has 0 saturated carbocycles. The van der Waals surface area contributed by atoms with Crippen LogP contribution in [0.4, 0.5) is 5.69 Å². The van der Waals surface area contributed by atoms with Gasteiger partial charge in [-0.25, -0.2) is 14.6 Å². The molecule has 20 heavy (non-hydrogen) atoms. The second-order valence-electron chi connectivity index (χ2n) is 4.76. The second kappa shape index (κ2) is 5.38. The van der Waals surface area contributed by atoms with Crippen molar-refractivity contribution in [2.75, 3.05) is 11.9 Å². The van der Waals surface area contributed by atoms with Gasteiger partial charge in [-0.1, -0.05) is 6.92 Å². The van der Waals surface area contributed by atoms with Crippen molar-refractivity contribution in [2.24, 2.45) is 5.92 Å². The largest absolute Gasteiger partial charge is 0.368 e.